The molecule has 0 aliphatic carbocycles. The van der Waals surface area contributed by atoms with Gasteiger partial charge in [0.25, 0.3) is 0 Å². The van der Waals surface area contributed by atoms with E-state index in [9.17, 15) is 0 Å². The third kappa shape index (κ3) is 2.40. The van der Waals surface area contributed by atoms with E-state index in [0.29, 0.717) is 11.5 Å². The van der Waals surface area contributed by atoms with Crippen molar-refractivity contribution in [1.29, 1.82) is 0 Å². The molecule has 20 heavy (non-hydrogen) atoms. The molecule has 0 spiro atoms. The Hall–Kier alpha value is -1.89. The highest BCUT2D eigenvalue weighted by Gasteiger charge is 2.12. The number of hydrogen-bond acceptors (Lipinski definition) is 6. The molecule has 0 amide bonds. The van der Waals surface area contributed by atoms with Crippen LogP contribution in [-0.4, -0.2) is 29.2 Å². The van der Waals surface area contributed by atoms with Crippen LogP contribution in [0.4, 0.5) is 0 Å². The van der Waals surface area contributed by atoms with Crippen LogP contribution < -0.4 is 0 Å². The topological polar surface area (TPSA) is 57.1 Å². The third-order valence-corrected chi connectivity index (χ3v) is 3.76. The average Bonchev–Trinajstić information content (AvgIpc) is 2.96. The molecule has 0 aromatic carbocycles. The molecule has 0 atom stereocenters. The average molecular weight is 287 g/mol. The third-order valence-electron chi connectivity index (χ3n) is 2.91. The van der Waals surface area contributed by atoms with Gasteiger partial charge in [0.2, 0.25) is 6.29 Å². The van der Waals surface area contributed by atoms with Crippen LogP contribution >= 0.6 is 11.3 Å². The van der Waals surface area contributed by atoms with Gasteiger partial charge in [-0.1, -0.05) is 0 Å². The number of thiophene rings is 1. The van der Waals surface area contributed by atoms with Crippen molar-refractivity contribution in [3.05, 3.63) is 41.7 Å². The maximum absolute atomic E-state index is 5.21. The summed E-state index contributed by atoms with van der Waals surface area (Å²) in [6.45, 7) is 0. The van der Waals surface area contributed by atoms with E-state index in [2.05, 4.69) is 15.0 Å². The van der Waals surface area contributed by atoms with Gasteiger partial charge in [-0.05, 0) is 23.6 Å². The smallest absolute Gasteiger partial charge is 0.200 e. The molecule has 0 unspecified atom stereocenters. The maximum Gasteiger partial charge on any atom is 0.200 e. The number of pyridine rings is 1. The van der Waals surface area contributed by atoms with Gasteiger partial charge < -0.3 is 9.47 Å². The van der Waals surface area contributed by atoms with E-state index in [1.807, 2.05) is 17.5 Å². The van der Waals surface area contributed by atoms with Gasteiger partial charge >= 0.3 is 0 Å². The van der Waals surface area contributed by atoms with Gasteiger partial charge in [0.15, 0.2) is 5.82 Å². The Kier molecular flexibility index (Phi) is 3.68. The van der Waals surface area contributed by atoms with Gasteiger partial charge in [-0.2, -0.15) is 0 Å². The monoisotopic (exact) mass is 287 g/mol. The van der Waals surface area contributed by atoms with Gasteiger partial charge in [0.05, 0.1) is 10.2 Å². The van der Waals surface area contributed by atoms with Gasteiger partial charge in [-0.25, -0.2) is 9.97 Å². The van der Waals surface area contributed by atoms with E-state index in [1.54, 1.807) is 44.0 Å². The lowest BCUT2D eigenvalue weighted by Crippen LogP contribution is -2.07. The number of aromatic nitrogens is 3. The fraction of sp³-hybridized carbons (Fsp3) is 0.214. The molecule has 3 heterocycles. The van der Waals surface area contributed by atoms with Gasteiger partial charge in [0.1, 0.15) is 5.69 Å². The van der Waals surface area contributed by atoms with E-state index in [0.717, 1.165) is 15.8 Å². The number of methoxy groups -OCH3 is 2. The predicted octanol–water partition coefficient (Wildman–Crippen LogP) is 3.04. The van der Waals surface area contributed by atoms with E-state index < -0.39 is 6.29 Å². The van der Waals surface area contributed by atoms with Crippen LogP contribution in [-0.2, 0) is 9.47 Å². The van der Waals surface area contributed by atoms with E-state index in [-0.39, 0.29) is 0 Å². The van der Waals surface area contributed by atoms with Crippen LogP contribution in [0.1, 0.15) is 12.0 Å². The summed E-state index contributed by atoms with van der Waals surface area (Å²) in [5.41, 5.74) is 2.56. The normalized spacial score (nSPS) is 11.3. The molecule has 3 rings (SSSR count). The molecule has 0 aliphatic rings. The molecule has 0 saturated heterocycles. The molecule has 3 aromatic heterocycles. The SMILES string of the molecule is COC(OC)c1ccnc(-c2cnc3ccsc3c2)n1. The van der Waals surface area contributed by atoms with E-state index in [4.69, 9.17) is 9.47 Å². The molecule has 0 fully saturated rings. The second kappa shape index (κ2) is 5.62. The molecular formula is C14H13N3O2S. The summed E-state index contributed by atoms with van der Waals surface area (Å²) in [7, 11) is 3.16. The Bertz CT molecular complexity index is 725. The number of nitrogens with zero attached hydrogens (tertiary/aromatic N) is 3. The van der Waals surface area contributed by atoms with Gasteiger partial charge in [0, 0.05) is 32.2 Å². The first-order valence-electron chi connectivity index (χ1n) is 6.04. The molecule has 0 N–H and O–H groups in total. The lowest BCUT2D eigenvalue weighted by Gasteiger charge is -2.12. The van der Waals surface area contributed by atoms with Crippen LogP contribution in [0.25, 0.3) is 21.6 Å². The number of ether oxygens (including phenoxy) is 2. The van der Waals surface area contributed by atoms with Crippen molar-refractivity contribution in [2.75, 3.05) is 14.2 Å². The minimum absolute atomic E-state index is 0.491. The molecule has 102 valence electrons. The molecule has 0 saturated carbocycles. The molecule has 6 heteroatoms. The Morgan fingerprint density at radius 1 is 1.15 bits per heavy atom. The molecule has 5 nitrogen and oxygen atoms in total. The Morgan fingerprint density at radius 3 is 2.80 bits per heavy atom. The molecule has 0 radical (unpaired) electrons. The van der Waals surface area contributed by atoms with Gasteiger partial charge in [-0.15, -0.1) is 11.3 Å². The summed E-state index contributed by atoms with van der Waals surface area (Å²) in [6.07, 6.45) is 2.99. The number of hydrogen-bond donors (Lipinski definition) is 0. The molecule has 0 aliphatic heterocycles. The van der Waals surface area contributed by atoms with Crippen LogP contribution in [0.15, 0.2) is 36.0 Å². The first-order valence-corrected chi connectivity index (χ1v) is 6.92. The summed E-state index contributed by atoms with van der Waals surface area (Å²) < 4.78 is 11.5. The second-order valence-electron chi connectivity index (χ2n) is 4.14. The van der Waals surface area contributed by atoms with Crippen LogP contribution in [0, 0.1) is 0 Å². The summed E-state index contributed by atoms with van der Waals surface area (Å²) in [4.78, 5) is 13.2. The van der Waals surface area contributed by atoms with Crippen LogP contribution in [0.5, 0.6) is 0 Å². The Balaban J connectivity index is 2.02. The second-order valence-corrected chi connectivity index (χ2v) is 5.08. The maximum atomic E-state index is 5.21. The Labute approximate surface area is 120 Å². The minimum atomic E-state index is -0.491. The predicted molar refractivity (Wildman–Crippen MR) is 77.4 cm³/mol. The van der Waals surface area contributed by atoms with Crippen molar-refractivity contribution in [2.45, 2.75) is 6.29 Å². The summed E-state index contributed by atoms with van der Waals surface area (Å²) in [5, 5.41) is 2.02. The highest BCUT2D eigenvalue weighted by molar-refractivity contribution is 7.17. The fourth-order valence-electron chi connectivity index (χ4n) is 1.95. The summed E-state index contributed by atoms with van der Waals surface area (Å²) >= 11 is 1.65. The zero-order valence-corrected chi connectivity index (χ0v) is 11.9. The van der Waals surface area contributed by atoms with Crippen molar-refractivity contribution in [1.82, 2.24) is 15.0 Å². The van der Waals surface area contributed by atoms with Crippen molar-refractivity contribution in [3.63, 3.8) is 0 Å². The highest BCUT2D eigenvalue weighted by Crippen LogP contribution is 2.24. The van der Waals surface area contributed by atoms with Crippen molar-refractivity contribution >= 4 is 21.6 Å². The molecular weight excluding hydrogens is 274 g/mol. The molecule has 3 aromatic rings. The first kappa shape index (κ1) is 13.1. The number of fused-ring (bicyclic) bond motifs is 1. The van der Waals surface area contributed by atoms with E-state index in [1.165, 1.54) is 0 Å². The summed E-state index contributed by atoms with van der Waals surface area (Å²) in [6, 6.07) is 5.81. The number of rotatable bonds is 4. The Morgan fingerprint density at radius 2 is 2.00 bits per heavy atom. The summed E-state index contributed by atoms with van der Waals surface area (Å²) in [5.74, 6) is 0.615. The zero-order chi connectivity index (χ0) is 13.9. The quantitative estimate of drug-likeness (QED) is 0.690. The largest absolute Gasteiger partial charge is 0.350 e. The lowest BCUT2D eigenvalue weighted by atomic mass is 10.2. The highest BCUT2D eigenvalue weighted by atomic mass is 32.1. The molecule has 0 bridgehead atoms. The van der Waals surface area contributed by atoms with Crippen molar-refractivity contribution in [2.24, 2.45) is 0 Å². The van der Waals surface area contributed by atoms with Crippen molar-refractivity contribution in [3.8, 4) is 11.4 Å². The van der Waals surface area contributed by atoms with Crippen molar-refractivity contribution < 1.29 is 9.47 Å². The minimum Gasteiger partial charge on any atom is -0.350 e. The zero-order valence-electron chi connectivity index (χ0n) is 11.1. The van der Waals surface area contributed by atoms with Crippen LogP contribution in [0.2, 0.25) is 0 Å². The lowest BCUT2D eigenvalue weighted by molar-refractivity contribution is -0.108. The standard InChI is InChI=1S/C14H13N3O2S/c1-18-14(19-2)11-3-5-15-13(17-11)9-7-12-10(16-8-9)4-6-20-12/h3-8,14H,1-2H3. The van der Waals surface area contributed by atoms with E-state index >= 15 is 0 Å². The first-order chi connectivity index (χ1) is 9.81. The fourth-order valence-corrected chi connectivity index (χ4v) is 2.73. The van der Waals surface area contributed by atoms with Crippen LogP contribution in [0.3, 0.4) is 0 Å². The van der Waals surface area contributed by atoms with Gasteiger partial charge in [-0.3, -0.25) is 4.98 Å².